The van der Waals surface area contributed by atoms with E-state index in [0.29, 0.717) is 29.6 Å². The number of ether oxygens (including phenoxy) is 2. The summed E-state index contributed by atoms with van der Waals surface area (Å²) in [6, 6.07) is 20.8. The van der Waals surface area contributed by atoms with Gasteiger partial charge in [-0.1, -0.05) is 54.6 Å². The first kappa shape index (κ1) is 29.2. The minimum absolute atomic E-state index is 0.00579. The first-order valence-electron chi connectivity index (χ1n) is 16.4. The molecule has 7 rings (SSSR count). The van der Waals surface area contributed by atoms with Crippen molar-refractivity contribution in [3.63, 3.8) is 0 Å². The van der Waals surface area contributed by atoms with Gasteiger partial charge in [0.25, 0.3) is 5.91 Å². The second-order valence-corrected chi connectivity index (χ2v) is 13.5. The predicted octanol–water partition coefficient (Wildman–Crippen LogP) is 6.24. The number of aldehydes is 1. The number of likely N-dealkylation sites (tertiary alicyclic amines) is 1. The van der Waals surface area contributed by atoms with Crippen LogP contribution in [-0.2, 0) is 23.0 Å². The molecule has 3 aromatic carbocycles. The lowest BCUT2D eigenvalue weighted by molar-refractivity contribution is -0.0612. The Hall–Kier alpha value is -3.48. The summed E-state index contributed by atoms with van der Waals surface area (Å²) in [7, 11) is 3.59. The number of fused-ring (bicyclic) bond motifs is 1. The van der Waals surface area contributed by atoms with Gasteiger partial charge in [0.1, 0.15) is 12.0 Å². The monoisotopic (exact) mass is 592 g/mol. The number of benzene rings is 3. The van der Waals surface area contributed by atoms with Crippen LogP contribution in [0.5, 0.6) is 5.75 Å². The van der Waals surface area contributed by atoms with Gasteiger partial charge in [-0.15, -0.1) is 0 Å². The zero-order valence-corrected chi connectivity index (χ0v) is 26.0. The summed E-state index contributed by atoms with van der Waals surface area (Å²) < 4.78 is 12.2. The van der Waals surface area contributed by atoms with E-state index in [1.54, 1.807) is 7.11 Å². The molecule has 0 spiro atoms. The van der Waals surface area contributed by atoms with Crippen molar-refractivity contribution < 1.29 is 19.1 Å². The number of carbonyl (C=O) groups is 2. The Kier molecular flexibility index (Phi) is 8.06. The Labute approximate surface area is 261 Å². The van der Waals surface area contributed by atoms with E-state index in [1.165, 1.54) is 36.9 Å². The minimum Gasteiger partial charge on any atom is -0.496 e. The lowest BCUT2D eigenvalue weighted by atomic mass is 9.51. The number of amides is 1. The largest absolute Gasteiger partial charge is 0.496 e. The highest BCUT2D eigenvalue weighted by Gasteiger charge is 2.57. The summed E-state index contributed by atoms with van der Waals surface area (Å²) in [6.07, 6.45) is 10.1. The molecule has 6 nitrogen and oxygen atoms in total. The highest BCUT2D eigenvalue weighted by molar-refractivity contribution is 5.97. The predicted molar refractivity (Wildman–Crippen MR) is 173 cm³/mol. The lowest BCUT2D eigenvalue weighted by Crippen LogP contribution is -2.62. The first-order valence-corrected chi connectivity index (χ1v) is 16.4. The third-order valence-electron chi connectivity index (χ3n) is 11.1. The molecule has 2 bridgehead atoms. The van der Waals surface area contributed by atoms with Gasteiger partial charge in [0.15, 0.2) is 0 Å². The molecule has 4 unspecified atom stereocenters. The molecule has 3 fully saturated rings. The maximum Gasteiger partial charge on any atom is 0.255 e. The molecular formula is C38H44N2O4. The molecule has 3 aromatic rings. The molecule has 4 aliphatic rings. The van der Waals surface area contributed by atoms with Gasteiger partial charge in [-0.25, -0.2) is 0 Å². The van der Waals surface area contributed by atoms with Crippen molar-refractivity contribution in [1.82, 2.24) is 10.2 Å². The number of nitrogens with zero attached hydrogens (tertiary/aromatic N) is 1. The van der Waals surface area contributed by atoms with Gasteiger partial charge in [-0.3, -0.25) is 14.5 Å². The highest BCUT2D eigenvalue weighted by atomic mass is 16.5. The molecule has 0 aromatic heterocycles. The van der Waals surface area contributed by atoms with Crippen LogP contribution < -0.4 is 10.1 Å². The van der Waals surface area contributed by atoms with Crippen LogP contribution in [0.3, 0.4) is 0 Å². The van der Waals surface area contributed by atoms with Crippen LogP contribution in [0.2, 0.25) is 0 Å². The summed E-state index contributed by atoms with van der Waals surface area (Å²) in [4.78, 5) is 27.4. The normalized spacial score (nSPS) is 25.9. The zero-order chi connectivity index (χ0) is 30.3. The van der Waals surface area contributed by atoms with Crippen LogP contribution in [0.15, 0.2) is 60.7 Å². The maximum absolute atomic E-state index is 13.7. The van der Waals surface area contributed by atoms with E-state index >= 15 is 0 Å². The molecule has 6 heteroatoms. The van der Waals surface area contributed by atoms with Crippen molar-refractivity contribution in [2.24, 2.45) is 11.8 Å². The highest BCUT2D eigenvalue weighted by Crippen LogP contribution is 2.59. The first-order chi connectivity index (χ1) is 21.5. The van der Waals surface area contributed by atoms with E-state index in [0.717, 1.165) is 73.3 Å². The zero-order valence-electron chi connectivity index (χ0n) is 26.0. The molecule has 0 radical (unpaired) electrons. The van der Waals surface area contributed by atoms with E-state index in [4.69, 9.17) is 9.47 Å². The Morgan fingerprint density at radius 3 is 2.41 bits per heavy atom. The minimum atomic E-state index is -0.0723. The van der Waals surface area contributed by atoms with Crippen molar-refractivity contribution in [2.45, 2.75) is 68.9 Å². The molecule has 1 amide bonds. The van der Waals surface area contributed by atoms with Crippen molar-refractivity contribution in [2.75, 3.05) is 33.9 Å². The third-order valence-corrected chi connectivity index (χ3v) is 11.1. The van der Waals surface area contributed by atoms with Gasteiger partial charge < -0.3 is 14.8 Å². The van der Waals surface area contributed by atoms with Gasteiger partial charge in [-0.2, -0.15) is 0 Å². The van der Waals surface area contributed by atoms with Crippen molar-refractivity contribution in [1.29, 1.82) is 0 Å². The summed E-state index contributed by atoms with van der Waals surface area (Å²) in [5, 5.41) is 3.18. The smallest absolute Gasteiger partial charge is 0.255 e. The number of hydrogen-bond acceptors (Lipinski definition) is 5. The van der Waals surface area contributed by atoms with Crippen LogP contribution in [0.4, 0.5) is 0 Å². The number of rotatable bonds is 10. The fraction of sp³-hybridized carbons (Fsp3) is 0.474. The second-order valence-electron chi connectivity index (χ2n) is 13.5. The SMILES string of the molecule is COc1c(C(=O)NCCc2ccc(-c3ccc(C=O)cc3)cc2)ccc2c1C13CCN(CC4CC4)C(C2)C1CCC(OC)C3. The number of carbonyl (C=O) groups excluding carboxylic acids is 2. The van der Waals surface area contributed by atoms with Crippen LogP contribution >= 0.6 is 0 Å². The standard InChI is InChI=1S/C38H44N2O4/c1-43-31-14-16-33-34-21-30-13-15-32(36(44-2)35(30)38(33,22-31)18-20-40(34)23-26-3-4-26)37(42)39-19-17-25-5-9-28(10-6-25)29-11-7-27(24-41)8-12-29/h5-13,15,24,26,31,33-34H,3-4,14,16-23H2,1-2H3,(H,39,42). The summed E-state index contributed by atoms with van der Waals surface area (Å²) >= 11 is 0. The summed E-state index contributed by atoms with van der Waals surface area (Å²) in [5.41, 5.74) is 7.30. The van der Waals surface area contributed by atoms with Gasteiger partial charge in [0.2, 0.25) is 0 Å². The summed E-state index contributed by atoms with van der Waals surface area (Å²) in [6.45, 7) is 2.91. The molecule has 44 heavy (non-hydrogen) atoms. The van der Waals surface area contributed by atoms with Crippen LogP contribution in [0, 0.1) is 11.8 Å². The topological polar surface area (TPSA) is 67.9 Å². The van der Waals surface area contributed by atoms with Gasteiger partial charge in [0.05, 0.1) is 18.8 Å². The molecule has 1 N–H and O–H groups in total. The number of methoxy groups -OCH3 is 2. The average Bonchev–Trinajstić information content (AvgIpc) is 3.89. The average molecular weight is 593 g/mol. The van der Waals surface area contributed by atoms with Crippen LogP contribution in [0.1, 0.15) is 75.9 Å². The fourth-order valence-electron chi connectivity index (χ4n) is 8.65. The molecule has 230 valence electrons. The Morgan fingerprint density at radius 1 is 0.977 bits per heavy atom. The van der Waals surface area contributed by atoms with Crippen LogP contribution in [0.25, 0.3) is 11.1 Å². The summed E-state index contributed by atoms with van der Waals surface area (Å²) in [5.74, 6) is 2.17. The van der Waals surface area contributed by atoms with E-state index in [2.05, 4.69) is 40.5 Å². The Balaban J connectivity index is 1.09. The molecule has 3 aliphatic carbocycles. The van der Waals surface area contributed by atoms with E-state index < -0.39 is 0 Å². The van der Waals surface area contributed by atoms with E-state index in [1.807, 2.05) is 37.4 Å². The van der Waals surface area contributed by atoms with Gasteiger partial charge in [0, 0.05) is 42.8 Å². The second kappa shape index (κ2) is 12.1. The number of hydrogen-bond donors (Lipinski definition) is 1. The van der Waals surface area contributed by atoms with Crippen molar-refractivity contribution >= 4 is 12.2 Å². The molecule has 4 atom stereocenters. The third kappa shape index (κ3) is 5.37. The van der Waals surface area contributed by atoms with E-state index in [9.17, 15) is 9.59 Å². The Bertz CT molecular complexity index is 1510. The molecular weight excluding hydrogens is 548 g/mol. The fourth-order valence-corrected chi connectivity index (χ4v) is 8.65. The Morgan fingerprint density at radius 2 is 1.73 bits per heavy atom. The molecule has 1 saturated heterocycles. The number of nitrogens with one attached hydrogen (secondary N) is 1. The van der Waals surface area contributed by atoms with Gasteiger partial charge in [-0.05, 0) is 98.1 Å². The molecule has 1 heterocycles. The number of piperidine rings is 1. The lowest BCUT2D eigenvalue weighted by Gasteiger charge is -2.60. The molecule has 1 aliphatic heterocycles. The maximum atomic E-state index is 13.7. The van der Waals surface area contributed by atoms with Crippen LogP contribution in [-0.4, -0.2) is 63.1 Å². The van der Waals surface area contributed by atoms with Crippen molar-refractivity contribution in [3.05, 3.63) is 88.5 Å². The van der Waals surface area contributed by atoms with Gasteiger partial charge >= 0.3 is 0 Å². The molecule has 2 saturated carbocycles. The quantitative estimate of drug-likeness (QED) is 0.282. The van der Waals surface area contributed by atoms with E-state index in [-0.39, 0.29) is 17.4 Å². The van der Waals surface area contributed by atoms with Crippen molar-refractivity contribution in [3.8, 4) is 16.9 Å².